The van der Waals surface area contributed by atoms with Gasteiger partial charge in [0.1, 0.15) is 0 Å². The molecule has 1 aliphatic rings. The third-order valence-electron chi connectivity index (χ3n) is 5.54. The fourth-order valence-corrected chi connectivity index (χ4v) is 3.78. The van der Waals surface area contributed by atoms with E-state index in [2.05, 4.69) is 35.3 Å². The molecule has 4 heteroatoms. The average Bonchev–Trinajstić information content (AvgIpc) is 2.69. The van der Waals surface area contributed by atoms with Gasteiger partial charge in [-0.1, -0.05) is 61.0 Å². The molecule has 3 N–H and O–H groups in total. The summed E-state index contributed by atoms with van der Waals surface area (Å²) in [4.78, 5) is 14.9. The molecule has 2 atom stereocenters. The van der Waals surface area contributed by atoms with E-state index in [1.165, 1.54) is 30.4 Å². The molecule has 1 aliphatic heterocycles. The quantitative estimate of drug-likeness (QED) is 0.785. The number of amides is 1. The highest BCUT2D eigenvalue weighted by molar-refractivity contribution is 5.76. The first-order chi connectivity index (χ1) is 13.1. The number of rotatable bonds is 7. The van der Waals surface area contributed by atoms with Crippen LogP contribution in [0, 0.1) is 0 Å². The molecule has 2 aromatic rings. The van der Waals surface area contributed by atoms with Crippen molar-refractivity contribution in [2.75, 3.05) is 6.54 Å². The second-order valence-electron chi connectivity index (χ2n) is 7.58. The SMILES string of the molecule is CC1CCCCN1Cc1ccccc1CNC(=O)CC(N)c1ccccc1. The highest BCUT2D eigenvalue weighted by Gasteiger charge is 2.19. The van der Waals surface area contributed by atoms with Crippen LogP contribution < -0.4 is 11.1 Å². The van der Waals surface area contributed by atoms with Gasteiger partial charge in [-0.2, -0.15) is 0 Å². The van der Waals surface area contributed by atoms with Crippen LogP contribution >= 0.6 is 0 Å². The number of hydrogen-bond donors (Lipinski definition) is 2. The number of carbonyl (C=O) groups is 1. The van der Waals surface area contributed by atoms with E-state index in [1.807, 2.05) is 36.4 Å². The molecule has 4 nitrogen and oxygen atoms in total. The highest BCUT2D eigenvalue weighted by Crippen LogP contribution is 2.21. The van der Waals surface area contributed by atoms with Gasteiger partial charge in [0.05, 0.1) is 0 Å². The lowest BCUT2D eigenvalue weighted by Crippen LogP contribution is -2.37. The molecule has 2 unspecified atom stereocenters. The van der Waals surface area contributed by atoms with Crippen LogP contribution in [0.25, 0.3) is 0 Å². The van der Waals surface area contributed by atoms with E-state index in [-0.39, 0.29) is 11.9 Å². The Bertz CT molecular complexity index is 731. The number of piperidine rings is 1. The standard InChI is InChI=1S/C23H31N3O/c1-18-9-7-8-14-26(18)17-21-13-6-5-12-20(21)16-25-23(27)15-22(24)19-10-3-2-4-11-19/h2-6,10-13,18,22H,7-9,14-17,24H2,1H3,(H,25,27). The van der Waals surface area contributed by atoms with Crippen molar-refractivity contribution in [3.05, 3.63) is 71.3 Å². The fraction of sp³-hybridized carbons (Fsp3) is 0.435. The van der Waals surface area contributed by atoms with Gasteiger partial charge in [0, 0.05) is 31.6 Å². The van der Waals surface area contributed by atoms with E-state index < -0.39 is 0 Å². The summed E-state index contributed by atoms with van der Waals surface area (Å²) in [7, 11) is 0. The summed E-state index contributed by atoms with van der Waals surface area (Å²) in [6.45, 7) is 4.98. The van der Waals surface area contributed by atoms with E-state index in [1.54, 1.807) is 0 Å². The van der Waals surface area contributed by atoms with Crippen LogP contribution in [0.5, 0.6) is 0 Å². The van der Waals surface area contributed by atoms with Crippen molar-refractivity contribution in [3.63, 3.8) is 0 Å². The predicted molar refractivity (Wildman–Crippen MR) is 110 cm³/mol. The Morgan fingerprint density at radius 1 is 1.11 bits per heavy atom. The van der Waals surface area contributed by atoms with E-state index in [9.17, 15) is 4.79 Å². The molecule has 0 bridgehead atoms. The number of nitrogens with zero attached hydrogens (tertiary/aromatic N) is 1. The maximum Gasteiger partial charge on any atom is 0.222 e. The molecule has 0 aliphatic carbocycles. The van der Waals surface area contributed by atoms with Crippen LogP contribution in [-0.4, -0.2) is 23.4 Å². The van der Waals surface area contributed by atoms with Crippen molar-refractivity contribution in [3.8, 4) is 0 Å². The third kappa shape index (κ3) is 5.65. The Morgan fingerprint density at radius 3 is 2.56 bits per heavy atom. The zero-order chi connectivity index (χ0) is 19.1. The zero-order valence-electron chi connectivity index (χ0n) is 16.2. The number of carbonyl (C=O) groups excluding carboxylic acids is 1. The Balaban J connectivity index is 1.55. The minimum atomic E-state index is -0.268. The van der Waals surface area contributed by atoms with Gasteiger partial charge < -0.3 is 11.1 Å². The number of nitrogens with two attached hydrogens (primary N) is 1. The smallest absolute Gasteiger partial charge is 0.222 e. The van der Waals surface area contributed by atoms with Crippen LogP contribution in [-0.2, 0) is 17.9 Å². The van der Waals surface area contributed by atoms with Gasteiger partial charge in [-0.3, -0.25) is 9.69 Å². The fourth-order valence-electron chi connectivity index (χ4n) is 3.78. The molecule has 2 aromatic carbocycles. The summed E-state index contributed by atoms with van der Waals surface area (Å²) in [5.74, 6) is -0.00695. The number of benzene rings is 2. The summed E-state index contributed by atoms with van der Waals surface area (Å²) in [6, 6.07) is 18.6. The molecule has 1 fully saturated rings. The average molecular weight is 366 g/mol. The molecule has 1 heterocycles. The molecule has 0 spiro atoms. The van der Waals surface area contributed by atoms with Crippen LogP contribution in [0.1, 0.15) is 55.3 Å². The molecule has 27 heavy (non-hydrogen) atoms. The number of likely N-dealkylation sites (tertiary alicyclic amines) is 1. The second-order valence-corrected chi connectivity index (χ2v) is 7.58. The summed E-state index contributed by atoms with van der Waals surface area (Å²) >= 11 is 0. The zero-order valence-corrected chi connectivity index (χ0v) is 16.2. The minimum Gasteiger partial charge on any atom is -0.352 e. The third-order valence-corrected chi connectivity index (χ3v) is 5.54. The van der Waals surface area contributed by atoms with Crippen molar-refractivity contribution < 1.29 is 4.79 Å². The Morgan fingerprint density at radius 2 is 1.81 bits per heavy atom. The van der Waals surface area contributed by atoms with Crippen molar-refractivity contribution in [1.29, 1.82) is 0 Å². The Kier molecular flexibility index (Phi) is 7.02. The normalized spacial score (nSPS) is 18.8. The van der Waals surface area contributed by atoms with E-state index in [0.29, 0.717) is 19.0 Å². The van der Waals surface area contributed by atoms with E-state index in [0.717, 1.165) is 18.7 Å². The lowest BCUT2D eigenvalue weighted by atomic mass is 10.0. The summed E-state index contributed by atoms with van der Waals surface area (Å²) in [6.07, 6.45) is 4.18. The minimum absolute atomic E-state index is 0.00695. The van der Waals surface area contributed by atoms with E-state index in [4.69, 9.17) is 5.73 Å². The van der Waals surface area contributed by atoms with Gasteiger partial charge in [0.25, 0.3) is 0 Å². The predicted octanol–water partition coefficient (Wildman–Crippen LogP) is 3.77. The Hall–Kier alpha value is -2.17. The molecule has 1 amide bonds. The largest absolute Gasteiger partial charge is 0.352 e. The second kappa shape index (κ2) is 9.67. The van der Waals surface area contributed by atoms with E-state index >= 15 is 0 Å². The molecule has 144 valence electrons. The maximum absolute atomic E-state index is 12.4. The molecule has 0 radical (unpaired) electrons. The van der Waals surface area contributed by atoms with Gasteiger partial charge in [0.15, 0.2) is 0 Å². The molecule has 0 aromatic heterocycles. The lowest BCUT2D eigenvalue weighted by molar-refractivity contribution is -0.121. The van der Waals surface area contributed by atoms with Crippen molar-refractivity contribution in [2.45, 2.75) is 57.8 Å². The number of hydrogen-bond acceptors (Lipinski definition) is 3. The molecule has 0 saturated carbocycles. The maximum atomic E-state index is 12.4. The molecule has 3 rings (SSSR count). The molecule has 1 saturated heterocycles. The lowest BCUT2D eigenvalue weighted by Gasteiger charge is -2.33. The first-order valence-corrected chi connectivity index (χ1v) is 10.0. The highest BCUT2D eigenvalue weighted by atomic mass is 16.1. The van der Waals surface area contributed by atoms with Gasteiger partial charge in [-0.15, -0.1) is 0 Å². The van der Waals surface area contributed by atoms with Gasteiger partial charge in [0.2, 0.25) is 5.91 Å². The Labute approximate surface area is 162 Å². The van der Waals surface area contributed by atoms with Crippen molar-refractivity contribution in [2.24, 2.45) is 5.73 Å². The van der Waals surface area contributed by atoms with Crippen molar-refractivity contribution in [1.82, 2.24) is 10.2 Å². The summed E-state index contributed by atoms with van der Waals surface area (Å²) < 4.78 is 0. The monoisotopic (exact) mass is 365 g/mol. The van der Waals surface area contributed by atoms with Gasteiger partial charge >= 0.3 is 0 Å². The van der Waals surface area contributed by atoms with Crippen LogP contribution in [0.4, 0.5) is 0 Å². The first-order valence-electron chi connectivity index (χ1n) is 10.0. The van der Waals surface area contributed by atoms with Crippen LogP contribution in [0.3, 0.4) is 0 Å². The van der Waals surface area contributed by atoms with Crippen LogP contribution in [0.2, 0.25) is 0 Å². The van der Waals surface area contributed by atoms with Crippen molar-refractivity contribution >= 4 is 5.91 Å². The number of nitrogens with one attached hydrogen (secondary N) is 1. The topological polar surface area (TPSA) is 58.4 Å². The first kappa shape index (κ1) is 19.6. The van der Waals surface area contributed by atoms with Crippen LogP contribution in [0.15, 0.2) is 54.6 Å². The van der Waals surface area contributed by atoms with Gasteiger partial charge in [-0.25, -0.2) is 0 Å². The summed E-state index contributed by atoms with van der Waals surface area (Å²) in [5.41, 5.74) is 9.66. The molecular formula is C23H31N3O. The van der Waals surface area contributed by atoms with Gasteiger partial charge in [-0.05, 0) is 43.0 Å². The summed E-state index contributed by atoms with van der Waals surface area (Å²) in [5, 5.41) is 3.05. The molecular weight excluding hydrogens is 334 g/mol.